The molecule has 2 rings (SSSR count). The molecule has 0 saturated heterocycles. The fraction of sp³-hybridized carbons (Fsp3) is 0.333. The number of unbranched alkanes of at least 4 members (excludes halogenated alkanes) is 1. The standard InChI is InChI=1S/C18H23NO2/c1-3-4-5-14-6-9-16(10-7-14)21-13-15-8-11-18(20-2)17(19)12-15/h6-12H,3-5,13,19H2,1-2H3. The molecule has 0 aliphatic rings. The number of hydrogen-bond acceptors (Lipinski definition) is 3. The van der Waals surface area contributed by atoms with Crippen molar-refractivity contribution >= 4 is 5.69 Å². The molecule has 21 heavy (non-hydrogen) atoms. The van der Waals surface area contributed by atoms with Crippen LogP contribution in [0.3, 0.4) is 0 Å². The largest absolute Gasteiger partial charge is 0.495 e. The molecule has 2 aromatic rings. The number of methoxy groups -OCH3 is 1. The molecule has 0 atom stereocenters. The van der Waals surface area contributed by atoms with Gasteiger partial charge in [0.2, 0.25) is 0 Å². The molecule has 0 saturated carbocycles. The van der Waals surface area contributed by atoms with Gasteiger partial charge in [-0.1, -0.05) is 31.5 Å². The van der Waals surface area contributed by atoms with Crippen LogP contribution in [-0.2, 0) is 13.0 Å². The summed E-state index contributed by atoms with van der Waals surface area (Å²) in [6.07, 6.45) is 3.58. The fourth-order valence-corrected chi connectivity index (χ4v) is 2.17. The summed E-state index contributed by atoms with van der Waals surface area (Å²) in [5.74, 6) is 1.57. The molecular weight excluding hydrogens is 262 g/mol. The van der Waals surface area contributed by atoms with Crippen LogP contribution in [0.25, 0.3) is 0 Å². The summed E-state index contributed by atoms with van der Waals surface area (Å²) < 4.78 is 10.9. The van der Waals surface area contributed by atoms with Crippen molar-refractivity contribution in [2.45, 2.75) is 32.8 Å². The zero-order valence-electron chi connectivity index (χ0n) is 12.8. The molecule has 0 spiro atoms. The molecule has 2 aromatic carbocycles. The monoisotopic (exact) mass is 285 g/mol. The van der Waals surface area contributed by atoms with Gasteiger partial charge in [0.15, 0.2) is 0 Å². The van der Waals surface area contributed by atoms with Crippen molar-refractivity contribution in [1.82, 2.24) is 0 Å². The van der Waals surface area contributed by atoms with Crippen molar-refractivity contribution in [2.75, 3.05) is 12.8 Å². The third-order valence-electron chi connectivity index (χ3n) is 3.44. The second-order valence-corrected chi connectivity index (χ2v) is 5.11. The number of anilines is 1. The highest BCUT2D eigenvalue weighted by Crippen LogP contribution is 2.23. The second kappa shape index (κ2) is 7.58. The van der Waals surface area contributed by atoms with Gasteiger partial charge in [0.05, 0.1) is 12.8 Å². The van der Waals surface area contributed by atoms with Crippen molar-refractivity contribution < 1.29 is 9.47 Å². The lowest BCUT2D eigenvalue weighted by atomic mass is 10.1. The van der Waals surface area contributed by atoms with Crippen LogP contribution >= 0.6 is 0 Å². The molecule has 0 radical (unpaired) electrons. The number of aryl methyl sites for hydroxylation is 1. The van der Waals surface area contributed by atoms with Gasteiger partial charge in [-0.15, -0.1) is 0 Å². The molecular formula is C18H23NO2. The van der Waals surface area contributed by atoms with Gasteiger partial charge in [-0.25, -0.2) is 0 Å². The number of ether oxygens (including phenoxy) is 2. The Morgan fingerprint density at radius 1 is 1.00 bits per heavy atom. The van der Waals surface area contributed by atoms with E-state index in [0.717, 1.165) is 17.7 Å². The van der Waals surface area contributed by atoms with Gasteiger partial charge < -0.3 is 15.2 Å². The Hall–Kier alpha value is -2.16. The van der Waals surface area contributed by atoms with Crippen molar-refractivity contribution in [3.8, 4) is 11.5 Å². The number of rotatable bonds is 7. The molecule has 0 aliphatic carbocycles. The Kier molecular flexibility index (Phi) is 5.50. The van der Waals surface area contributed by atoms with Gasteiger partial charge in [-0.2, -0.15) is 0 Å². The van der Waals surface area contributed by atoms with Gasteiger partial charge in [-0.3, -0.25) is 0 Å². The van der Waals surface area contributed by atoms with Gasteiger partial charge in [0.25, 0.3) is 0 Å². The maximum Gasteiger partial charge on any atom is 0.141 e. The van der Waals surface area contributed by atoms with E-state index in [2.05, 4.69) is 19.1 Å². The topological polar surface area (TPSA) is 44.5 Å². The first-order valence-electron chi connectivity index (χ1n) is 7.37. The average Bonchev–Trinajstić information content (AvgIpc) is 2.52. The number of benzene rings is 2. The molecule has 0 unspecified atom stereocenters. The molecule has 0 bridgehead atoms. The van der Waals surface area contributed by atoms with Gasteiger partial charge >= 0.3 is 0 Å². The number of nitrogen functional groups attached to an aromatic ring is 1. The third-order valence-corrected chi connectivity index (χ3v) is 3.44. The lowest BCUT2D eigenvalue weighted by molar-refractivity contribution is 0.306. The van der Waals surface area contributed by atoms with Crippen LogP contribution in [0.15, 0.2) is 42.5 Å². The summed E-state index contributed by atoms with van der Waals surface area (Å²) in [5.41, 5.74) is 8.91. The molecule has 0 aliphatic heterocycles. The van der Waals surface area contributed by atoms with E-state index < -0.39 is 0 Å². The van der Waals surface area contributed by atoms with Gasteiger partial charge in [0.1, 0.15) is 18.1 Å². The van der Waals surface area contributed by atoms with Crippen LogP contribution in [-0.4, -0.2) is 7.11 Å². The molecule has 0 aromatic heterocycles. The first-order valence-corrected chi connectivity index (χ1v) is 7.37. The minimum Gasteiger partial charge on any atom is -0.495 e. The summed E-state index contributed by atoms with van der Waals surface area (Å²) in [6, 6.07) is 14.0. The average molecular weight is 285 g/mol. The predicted octanol–water partition coefficient (Wildman–Crippen LogP) is 4.20. The Bertz CT molecular complexity index is 564. The first-order chi connectivity index (χ1) is 10.2. The number of nitrogens with two attached hydrogens (primary N) is 1. The van der Waals surface area contributed by atoms with Crippen LogP contribution in [0.5, 0.6) is 11.5 Å². The normalized spacial score (nSPS) is 10.4. The molecule has 3 heteroatoms. The fourth-order valence-electron chi connectivity index (χ4n) is 2.17. The predicted molar refractivity (Wildman–Crippen MR) is 86.8 cm³/mol. The van der Waals surface area contributed by atoms with Crippen LogP contribution in [0, 0.1) is 0 Å². The zero-order chi connectivity index (χ0) is 15.1. The second-order valence-electron chi connectivity index (χ2n) is 5.11. The highest BCUT2D eigenvalue weighted by molar-refractivity contribution is 5.54. The lowest BCUT2D eigenvalue weighted by Crippen LogP contribution is -1.98. The van der Waals surface area contributed by atoms with Gasteiger partial charge in [0, 0.05) is 0 Å². The van der Waals surface area contributed by atoms with Crippen molar-refractivity contribution in [3.05, 3.63) is 53.6 Å². The van der Waals surface area contributed by atoms with E-state index in [1.54, 1.807) is 7.11 Å². The zero-order valence-corrected chi connectivity index (χ0v) is 12.8. The highest BCUT2D eigenvalue weighted by Gasteiger charge is 2.02. The van der Waals surface area contributed by atoms with E-state index in [4.69, 9.17) is 15.2 Å². The molecule has 3 nitrogen and oxygen atoms in total. The molecule has 0 amide bonds. The Morgan fingerprint density at radius 3 is 2.33 bits per heavy atom. The maximum absolute atomic E-state index is 5.89. The Labute approximate surface area is 126 Å². The maximum atomic E-state index is 5.89. The third kappa shape index (κ3) is 4.42. The van der Waals surface area contributed by atoms with E-state index >= 15 is 0 Å². The summed E-state index contributed by atoms with van der Waals surface area (Å²) in [5, 5.41) is 0. The van der Waals surface area contributed by atoms with E-state index in [1.807, 2.05) is 30.3 Å². The summed E-state index contributed by atoms with van der Waals surface area (Å²) >= 11 is 0. The van der Waals surface area contributed by atoms with Crippen LogP contribution in [0.1, 0.15) is 30.9 Å². The van der Waals surface area contributed by atoms with E-state index in [9.17, 15) is 0 Å². The van der Waals surface area contributed by atoms with E-state index in [0.29, 0.717) is 18.0 Å². The quantitative estimate of drug-likeness (QED) is 0.775. The van der Waals surface area contributed by atoms with Crippen molar-refractivity contribution in [2.24, 2.45) is 0 Å². The Morgan fingerprint density at radius 2 is 1.71 bits per heavy atom. The smallest absolute Gasteiger partial charge is 0.141 e. The molecule has 0 fully saturated rings. The summed E-state index contributed by atoms with van der Waals surface area (Å²) in [6.45, 7) is 2.71. The summed E-state index contributed by atoms with van der Waals surface area (Å²) in [7, 11) is 1.61. The minimum absolute atomic E-state index is 0.502. The van der Waals surface area contributed by atoms with Crippen molar-refractivity contribution in [3.63, 3.8) is 0 Å². The van der Waals surface area contributed by atoms with Gasteiger partial charge in [-0.05, 0) is 48.2 Å². The summed E-state index contributed by atoms with van der Waals surface area (Å²) in [4.78, 5) is 0. The van der Waals surface area contributed by atoms with Crippen LogP contribution < -0.4 is 15.2 Å². The van der Waals surface area contributed by atoms with Crippen LogP contribution in [0.4, 0.5) is 5.69 Å². The van der Waals surface area contributed by atoms with Crippen LogP contribution in [0.2, 0.25) is 0 Å². The lowest BCUT2D eigenvalue weighted by Gasteiger charge is -2.09. The molecule has 112 valence electrons. The Balaban J connectivity index is 1.92. The number of hydrogen-bond donors (Lipinski definition) is 1. The minimum atomic E-state index is 0.502. The van der Waals surface area contributed by atoms with E-state index in [1.165, 1.54) is 18.4 Å². The first kappa shape index (κ1) is 15.2. The van der Waals surface area contributed by atoms with Crippen molar-refractivity contribution in [1.29, 1.82) is 0 Å². The highest BCUT2D eigenvalue weighted by atomic mass is 16.5. The molecule has 0 heterocycles. The van der Waals surface area contributed by atoms with E-state index in [-0.39, 0.29) is 0 Å². The molecule has 2 N–H and O–H groups in total. The SMILES string of the molecule is CCCCc1ccc(OCc2ccc(OC)c(N)c2)cc1.